The van der Waals surface area contributed by atoms with Crippen molar-refractivity contribution >= 4 is 23.9 Å². The number of benzene rings is 3. The van der Waals surface area contributed by atoms with Crippen LogP contribution in [0.25, 0.3) is 12.2 Å². The van der Waals surface area contributed by atoms with Gasteiger partial charge in [-0.2, -0.15) is 0 Å². The largest absolute Gasteiger partial charge is 0.493 e. The third-order valence-electron chi connectivity index (χ3n) is 4.37. The fraction of sp³-hybridized carbons (Fsp3) is 0.0769. The Labute approximate surface area is 176 Å². The second kappa shape index (κ2) is 10.0. The Bertz CT molecular complexity index is 1080. The number of rotatable bonds is 7. The van der Waals surface area contributed by atoms with Gasteiger partial charge in [0.25, 0.3) is 0 Å². The molecule has 0 spiro atoms. The van der Waals surface area contributed by atoms with Crippen LogP contribution < -0.4 is 9.47 Å². The summed E-state index contributed by atoms with van der Waals surface area (Å²) in [7, 11) is 1.50. The topological polar surface area (TPSA) is 52.6 Å². The maximum absolute atomic E-state index is 12.3. The fourth-order valence-corrected chi connectivity index (χ4v) is 2.73. The first kappa shape index (κ1) is 20.8. The Hall–Kier alpha value is -3.92. The van der Waals surface area contributed by atoms with Crippen molar-refractivity contribution in [3.05, 3.63) is 107 Å². The van der Waals surface area contributed by atoms with Crippen molar-refractivity contribution in [2.75, 3.05) is 7.11 Å². The number of methoxy groups -OCH3 is 1. The molecule has 0 bridgehead atoms. The van der Waals surface area contributed by atoms with E-state index in [9.17, 15) is 9.59 Å². The summed E-state index contributed by atoms with van der Waals surface area (Å²) in [4.78, 5) is 24.4. The molecule has 0 amide bonds. The summed E-state index contributed by atoms with van der Waals surface area (Å²) >= 11 is 0. The van der Waals surface area contributed by atoms with E-state index in [0.717, 1.165) is 16.7 Å². The van der Waals surface area contributed by atoms with Crippen LogP contribution in [0.15, 0.2) is 84.9 Å². The molecule has 0 fully saturated rings. The molecule has 0 heterocycles. The van der Waals surface area contributed by atoms with E-state index in [1.807, 2.05) is 49.4 Å². The molecule has 0 aliphatic rings. The third-order valence-corrected chi connectivity index (χ3v) is 4.37. The van der Waals surface area contributed by atoms with Gasteiger partial charge in [0, 0.05) is 11.6 Å². The van der Waals surface area contributed by atoms with Crippen molar-refractivity contribution < 1.29 is 19.1 Å². The summed E-state index contributed by atoms with van der Waals surface area (Å²) in [5.74, 6) is 0.120. The Morgan fingerprint density at radius 3 is 2.17 bits per heavy atom. The third kappa shape index (κ3) is 5.79. The molecule has 150 valence electrons. The van der Waals surface area contributed by atoms with Crippen LogP contribution in [0.1, 0.15) is 27.0 Å². The lowest BCUT2D eigenvalue weighted by atomic mass is 10.1. The van der Waals surface area contributed by atoms with E-state index in [-0.39, 0.29) is 5.78 Å². The van der Waals surface area contributed by atoms with Gasteiger partial charge in [0.1, 0.15) is 0 Å². The Balaban J connectivity index is 1.68. The van der Waals surface area contributed by atoms with Crippen molar-refractivity contribution in [3.63, 3.8) is 0 Å². The first-order valence-corrected chi connectivity index (χ1v) is 9.47. The van der Waals surface area contributed by atoms with Crippen LogP contribution in [0.2, 0.25) is 0 Å². The molecule has 30 heavy (non-hydrogen) atoms. The molecule has 0 atom stereocenters. The summed E-state index contributed by atoms with van der Waals surface area (Å²) in [5, 5.41) is 0. The number of hydrogen-bond donors (Lipinski definition) is 0. The molecule has 3 aromatic rings. The van der Waals surface area contributed by atoms with E-state index in [1.54, 1.807) is 42.5 Å². The minimum atomic E-state index is -0.505. The van der Waals surface area contributed by atoms with E-state index in [0.29, 0.717) is 17.1 Å². The molecule has 4 nitrogen and oxygen atoms in total. The number of ether oxygens (including phenoxy) is 2. The summed E-state index contributed by atoms with van der Waals surface area (Å²) in [5.41, 5.74) is 3.38. The molecule has 0 aliphatic carbocycles. The van der Waals surface area contributed by atoms with Crippen molar-refractivity contribution in [2.45, 2.75) is 6.92 Å². The molecule has 0 radical (unpaired) electrons. The maximum Gasteiger partial charge on any atom is 0.336 e. The lowest BCUT2D eigenvalue weighted by molar-refractivity contribution is -0.129. The standard InChI is InChI=1S/C26H22O4/c1-19-8-13-22(14-9-19)23(27)15-10-21-11-16-24(25(18-21)29-2)30-26(28)17-12-20-6-4-3-5-7-20/h3-18H,1-2H3/b15-10+,17-12+. The van der Waals surface area contributed by atoms with Gasteiger partial charge in [-0.05, 0) is 42.3 Å². The molecule has 0 aromatic heterocycles. The first-order valence-electron chi connectivity index (χ1n) is 9.47. The van der Waals surface area contributed by atoms with Crippen LogP contribution in [0.3, 0.4) is 0 Å². The predicted octanol–water partition coefficient (Wildman–Crippen LogP) is 5.52. The minimum absolute atomic E-state index is 0.0875. The number of aryl methyl sites for hydroxylation is 1. The molecule has 3 rings (SSSR count). The second-order valence-corrected chi connectivity index (χ2v) is 6.64. The van der Waals surface area contributed by atoms with Gasteiger partial charge in [-0.3, -0.25) is 4.79 Å². The van der Waals surface area contributed by atoms with E-state index < -0.39 is 5.97 Å². The Kier molecular flexibility index (Phi) is 6.95. The Morgan fingerprint density at radius 1 is 0.767 bits per heavy atom. The van der Waals surface area contributed by atoms with Crippen molar-refractivity contribution in [2.24, 2.45) is 0 Å². The molecule has 4 heteroatoms. The Morgan fingerprint density at radius 2 is 1.47 bits per heavy atom. The number of ketones is 1. The minimum Gasteiger partial charge on any atom is -0.493 e. The normalized spacial score (nSPS) is 11.0. The smallest absolute Gasteiger partial charge is 0.336 e. The first-order chi connectivity index (χ1) is 14.5. The zero-order valence-electron chi connectivity index (χ0n) is 16.9. The van der Waals surface area contributed by atoms with Gasteiger partial charge < -0.3 is 9.47 Å². The molecular weight excluding hydrogens is 376 g/mol. The van der Waals surface area contributed by atoms with Crippen LogP contribution in [0.5, 0.6) is 11.5 Å². The van der Waals surface area contributed by atoms with E-state index in [4.69, 9.17) is 9.47 Å². The zero-order chi connectivity index (χ0) is 21.3. The van der Waals surface area contributed by atoms with E-state index >= 15 is 0 Å². The van der Waals surface area contributed by atoms with E-state index in [2.05, 4.69) is 0 Å². The van der Waals surface area contributed by atoms with Crippen LogP contribution in [0.4, 0.5) is 0 Å². The highest BCUT2D eigenvalue weighted by Crippen LogP contribution is 2.29. The molecule has 0 saturated carbocycles. The lowest BCUT2D eigenvalue weighted by Gasteiger charge is -2.08. The zero-order valence-corrected chi connectivity index (χ0v) is 16.9. The average molecular weight is 398 g/mol. The van der Waals surface area contributed by atoms with E-state index in [1.165, 1.54) is 19.3 Å². The summed E-state index contributed by atoms with van der Waals surface area (Å²) in [6.45, 7) is 1.97. The second-order valence-electron chi connectivity index (χ2n) is 6.64. The van der Waals surface area contributed by atoms with Gasteiger partial charge >= 0.3 is 5.97 Å². The number of carbonyl (C=O) groups excluding carboxylic acids is 2. The predicted molar refractivity (Wildman–Crippen MR) is 119 cm³/mol. The molecule has 0 N–H and O–H groups in total. The summed E-state index contributed by atoms with van der Waals surface area (Å²) < 4.78 is 10.7. The van der Waals surface area contributed by atoms with Crippen molar-refractivity contribution in [1.29, 1.82) is 0 Å². The van der Waals surface area contributed by atoms with Crippen LogP contribution in [-0.4, -0.2) is 18.9 Å². The quantitative estimate of drug-likeness (QED) is 0.228. The average Bonchev–Trinajstić information content (AvgIpc) is 2.78. The summed E-state index contributed by atoms with van der Waals surface area (Å²) in [6, 6.07) is 22.0. The molecule has 3 aromatic carbocycles. The fourth-order valence-electron chi connectivity index (χ4n) is 2.73. The number of hydrogen-bond acceptors (Lipinski definition) is 4. The lowest BCUT2D eigenvalue weighted by Crippen LogP contribution is -2.05. The van der Waals surface area contributed by atoms with Gasteiger partial charge in [-0.15, -0.1) is 0 Å². The maximum atomic E-state index is 12.3. The van der Waals surface area contributed by atoms with Crippen LogP contribution in [-0.2, 0) is 4.79 Å². The van der Waals surface area contributed by atoms with Gasteiger partial charge in [0.2, 0.25) is 0 Å². The van der Waals surface area contributed by atoms with Crippen molar-refractivity contribution in [3.8, 4) is 11.5 Å². The van der Waals surface area contributed by atoms with Gasteiger partial charge in [-0.1, -0.05) is 72.3 Å². The summed E-state index contributed by atoms with van der Waals surface area (Å²) in [6.07, 6.45) is 6.25. The highest BCUT2D eigenvalue weighted by atomic mass is 16.6. The number of esters is 1. The van der Waals surface area contributed by atoms with Gasteiger partial charge in [-0.25, -0.2) is 4.79 Å². The highest BCUT2D eigenvalue weighted by Gasteiger charge is 2.09. The molecule has 0 saturated heterocycles. The monoisotopic (exact) mass is 398 g/mol. The van der Waals surface area contributed by atoms with Crippen LogP contribution in [0, 0.1) is 6.92 Å². The molecule has 0 aliphatic heterocycles. The molecular formula is C26H22O4. The number of carbonyl (C=O) groups is 2. The van der Waals surface area contributed by atoms with Crippen LogP contribution >= 0.6 is 0 Å². The number of allylic oxidation sites excluding steroid dienone is 1. The van der Waals surface area contributed by atoms with Gasteiger partial charge in [0.15, 0.2) is 17.3 Å². The van der Waals surface area contributed by atoms with Gasteiger partial charge in [0.05, 0.1) is 7.11 Å². The molecule has 0 unspecified atom stereocenters. The van der Waals surface area contributed by atoms with Crippen molar-refractivity contribution in [1.82, 2.24) is 0 Å². The highest BCUT2D eigenvalue weighted by molar-refractivity contribution is 6.06. The SMILES string of the molecule is COc1cc(/C=C/C(=O)c2ccc(C)cc2)ccc1OC(=O)/C=C/c1ccccc1.